The van der Waals surface area contributed by atoms with E-state index in [-0.39, 0.29) is 16.5 Å². The molecule has 1 N–H and O–H groups in total. The molecular formula is C30H25N3O3. The van der Waals surface area contributed by atoms with Crippen molar-refractivity contribution < 1.29 is 9.72 Å². The lowest BCUT2D eigenvalue weighted by molar-refractivity contribution is -0.382. The van der Waals surface area contributed by atoms with Gasteiger partial charge in [0, 0.05) is 29.4 Å². The van der Waals surface area contributed by atoms with Crippen LogP contribution < -0.4 is 0 Å². The van der Waals surface area contributed by atoms with Crippen molar-refractivity contribution in [3.63, 3.8) is 0 Å². The number of para-hydroxylation sites is 1. The van der Waals surface area contributed by atoms with Crippen molar-refractivity contribution in [3.8, 4) is 11.1 Å². The highest BCUT2D eigenvalue weighted by atomic mass is 16.6. The molecule has 0 aliphatic carbocycles. The molecule has 0 spiro atoms. The van der Waals surface area contributed by atoms with E-state index in [1.807, 2.05) is 59.5 Å². The number of carbonyl (C=O) groups is 1. The molecule has 1 aromatic heterocycles. The number of nitrogens with one attached hydrogen (secondary N) is 1. The van der Waals surface area contributed by atoms with Crippen LogP contribution >= 0.6 is 0 Å². The first-order valence-corrected chi connectivity index (χ1v) is 12.0. The van der Waals surface area contributed by atoms with E-state index in [1.54, 1.807) is 0 Å². The monoisotopic (exact) mass is 475 g/mol. The van der Waals surface area contributed by atoms with E-state index in [9.17, 15) is 14.9 Å². The zero-order valence-corrected chi connectivity index (χ0v) is 20.4. The van der Waals surface area contributed by atoms with Gasteiger partial charge in [-0.3, -0.25) is 14.9 Å². The predicted molar refractivity (Wildman–Crippen MR) is 142 cm³/mol. The SMILES string of the molecule is Cc1cc(C)c(CN2Cc3c(-c4ccccc4)c([N+](=O)[O-])c4[nH]c5ccccc5c4c3C2=O)c(C)c1. The smallest absolute Gasteiger partial charge is 0.301 e. The van der Waals surface area contributed by atoms with Crippen LogP contribution in [0.25, 0.3) is 32.9 Å². The molecule has 1 aliphatic heterocycles. The lowest BCUT2D eigenvalue weighted by atomic mass is 9.91. The molecule has 0 radical (unpaired) electrons. The Morgan fingerprint density at radius 2 is 1.61 bits per heavy atom. The standard InChI is InChI=1S/C30H25N3O3/c1-17-13-18(2)22(19(3)14-17)15-32-16-23-25(20-9-5-4-6-10-20)29(33(35)36)28-26(27(23)30(32)34)21-11-7-8-12-24(21)31-28/h4-14,31H,15-16H2,1-3H3. The van der Waals surface area contributed by atoms with Gasteiger partial charge in [-0.1, -0.05) is 66.2 Å². The summed E-state index contributed by atoms with van der Waals surface area (Å²) < 4.78 is 0. The number of rotatable bonds is 4. The van der Waals surface area contributed by atoms with Crippen LogP contribution in [0.1, 0.15) is 38.2 Å². The van der Waals surface area contributed by atoms with Crippen LogP contribution in [0.15, 0.2) is 66.7 Å². The first-order valence-electron chi connectivity index (χ1n) is 12.0. The average Bonchev–Trinajstić information content (AvgIpc) is 3.38. The van der Waals surface area contributed by atoms with Crippen LogP contribution in [0.3, 0.4) is 0 Å². The van der Waals surface area contributed by atoms with Gasteiger partial charge in [-0.25, -0.2) is 0 Å². The van der Waals surface area contributed by atoms with E-state index in [1.165, 1.54) is 5.56 Å². The molecule has 0 fully saturated rings. The second kappa shape index (κ2) is 8.05. The van der Waals surface area contributed by atoms with Gasteiger partial charge in [0.2, 0.25) is 0 Å². The van der Waals surface area contributed by atoms with Crippen LogP contribution in [0.2, 0.25) is 0 Å². The molecule has 1 amide bonds. The molecule has 36 heavy (non-hydrogen) atoms. The minimum Gasteiger partial charge on any atom is -0.349 e. The Morgan fingerprint density at radius 1 is 0.944 bits per heavy atom. The highest BCUT2D eigenvalue weighted by Crippen LogP contribution is 2.47. The lowest BCUT2D eigenvalue weighted by Crippen LogP contribution is -2.24. The summed E-state index contributed by atoms with van der Waals surface area (Å²) >= 11 is 0. The fraction of sp³-hybridized carbons (Fsp3) is 0.167. The summed E-state index contributed by atoms with van der Waals surface area (Å²) in [5.41, 5.74) is 8.32. The van der Waals surface area contributed by atoms with Crippen molar-refractivity contribution in [1.82, 2.24) is 9.88 Å². The Bertz CT molecular complexity index is 1690. The van der Waals surface area contributed by atoms with Gasteiger partial charge in [-0.05, 0) is 54.7 Å². The quantitative estimate of drug-likeness (QED) is 0.225. The third-order valence-corrected chi connectivity index (χ3v) is 7.32. The summed E-state index contributed by atoms with van der Waals surface area (Å²) in [6, 6.07) is 21.2. The molecule has 178 valence electrons. The fourth-order valence-corrected chi connectivity index (χ4v) is 5.81. The molecule has 4 aromatic carbocycles. The summed E-state index contributed by atoms with van der Waals surface area (Å²) in [5.74, 6) is -0.0915. The molecule has 6 nitrogen and oxygen atoms in total. The molecule has 0 saturated carbocycles. The van der Waals surface area contributed by atoms with Crippen molar-refractivity contribution in [1.29, 1.82) is 0 Å². The van der Waals surface area contributed by atoms with Crippen molar-refractivity contribution in [3.05, 3.63) is 110 Å². The van der Waals surface area contributed by atoms with Gasteiger partial charge in [-0.15, -0.1) is 0 Å². The second-order valence-electron chi connectivity index (χ2n) is 9.66. The van der Waals surface area contributed by atoms with Gasteiger partial charge < -0.3 is 9.88 Å². The van der Waals surface area contributed by atoms with Crippen LogP contribution in [0.4, 0.5) is 5.69 Å². The number of aromatic amines is 1. The topological polar surface area (TPSA) is 79.2 Å². The molecule has 0 atom stereocenters. The van der Waals surface area contributed by atoms with E-state index in [0.717, 1.165) is 38.7 Å². The summed E-state index contributed by atoms with van der Waals surface area (Å²) in [6.45, 7) is 6.99. The maximum Gasteiger partial charge on any atom is 0.301 e. The maximum atomic E-state index is 14.1. The van der Waals surface area contributed by atoms with E-state index >= 15 is 0 Å². The first kappa shape index (κ1) is 22.0. The first-order chi connectivity index (χ1) is 17.3. The van der Waals surface area contributed by atoms with E-state index in [0.29, 0.717) is 35.1 Å². The van der Waals surface area contributed by atoms with Crippen LogP contribution in [-0.4, -0.2) is 20.7 Å². The fourth-order valence-electron chi connectivity index (χ4n) is 5.81. The molecule has 5 aromatic rings. The summed E-state index contributed by atoms with van der Waals surface area (Å²) in [7, 11) is 0. The second-order valence-corrected chi connectivity index (χ2v) is 9.66. The van der Waals surface area contributed by atoms with Crippen LogP contribution in [0.5, 0.6) is 0 Å². The van der Waals surface area contributed by atoms with E-state index < -0.39 is 0 Å². The van der Waals surface area contributed by atoms with Crippen molar-refractivity contribution in [2.45, 2.75) is 33.9 Å². The zero-order chi connectivity index (χ0) is 25.1. The Balaban J connectivity index is 1.65. The largest absolute Gasteiger partial charge is 0.349 e. The van der Waals surface area contributed by atoms with Crippen LogP contribution in [0, 0.1) is 30.9 Å². The van der Waals surface area contributed by atoms with Gasteiger partial charge in [0.1, 0.15) is 5.52 Å². The number of nitro benzene ring substituents is 1. The number of H-pyrrole nitrogens is 1. The number of amides is 1. The Labute approximate surface area is 208 Å². The average molecular weight is 476 g/mol. The highest BCUT2D eigenvalue weighted by Gasteiger charge is 2.39. The number of nitrogens with zero attached hydrogens (tertiary/aromatic N) is 2. The van der Waals surface area contributed by atoms with E-state index in [4.69, 9.17) is 0 Å². The summed E-state index contributed by atoms with van der Waals surface area (Å²) in [6.07, 6.45) is 0. The van der Waals surface area contributed by atoms with Crippen molar-refractivity contribution in [2.24, 2.45) is 0 Å². The number of benzene rings is 4. The number of fused-ring (bicyclic) bond motifs is 5. The Kier molecular flexibility index (Phi) is 4.93. The third kappa shape index (κ3) is 3.22. The third-order valence-electron chi connectivity index (χ3n) is 7.32. The van der Waals surface area contributed by atoms with Crippen molar-refractivity contribution >= 4 is 33.4 Å². The maximum absolute atomic E-state index is 14.1. The minimum atomic E-state index is -0.318. The summed E-state index contributed by atoms with van der Waals surface area (Å²) in [4.78, 5) is 31.4. The van der Waals surface area contributed by atoms with Crippen molar-refractivity contribution in [2.75, 3.05) is 0 Å². The highest BCUT2D eigenvalue weighted by molar-refractivity contribution is 6.23. The predicted octanol–water partition coefficient (Wildman–Crippen LogP) is 6.98. The number of carbonyl (C=O) groups excluding carboxylic acids is 1. The molecule has 0 saturated heterocycles. The molecule has 1 aliphatic rings. The molecule has 6 heteroatoms. The number of aryl methyl sites for hydroxylation is 3. The Morgan fingerprint density at radius 3 is 2.31 bits per heavy atom. The molecule has 6 rings (SSSR count). The zero-order valence-electron chi connectivity index (χ0n) is 20.4. The molecule has 0 unspecified atom stereocenters. The van der Waals surface area contributed by atoms with Gasteiger partial charge >= 0.3 is 5.69 Å². The number of aromatic nitrogens is 1. The number of nitro groups is 1. The molecular weight excluding hydrogens is 450 g/mol. The van der Waals surface area contributed by atoms with Gasteiger partial charge in [0.15, 0.2) is 0 Å². The minimum absolute atomic E-state index is 0.0171. The number of hydrogen-bond donors (Lipinski definition) is 1. The lowest BCUT2D eigenvalue weighted by Gasteiger charge is -2.20. The van der Waals surface area contributed by atoms with Gasteiger partial charge in [0.25, 0.3) is 5.91 Å². The molecule has 0 bridgehead atoms. The summed E-state index contributed by atoms with van der Waals surface area (Å²) in [5, 5.41) is 14.0. The normalized spacial score (nSPS) is 13.1. The number of hydrogen-bond acceptors (Lipinski definition) is 3. The molecule has 2 heterocycles. The Hall–Kier alpha value is -4.45. The van der Waals surface area contributed by atoms with Gasteiger partial charge in [-0.2, -0.15) is 0 Å². The van der Waals surface area contributed by atoms with Gasteiger partial charge in [0.05, 0.1) is 16.1 Å². The van der Waals surface area contributed by atoms with Crippen LogP contribution in [-0.2, 0) is 13.1 Å². The van der Waals surface area contributed by atoms with E-state index in [2.05, 4.69) is 37.9 Å².